The van der Waals surface area contributed by atoms with E-state index in [0.29, 0.717) is 0 Å². The van der Waals surface area contributed by atoms with Gasteiger partial charge in [-0.3, -0.25) is 0 Å². The summed E-state index contributed by atoms with van der Waals surface area (Å²) >= 11 is 0. The summed E-state index contributed by atoms with van der Waals surface area (Å²) in [6, 6.07) is 32.6. The highest BCUT2D eigenvalue weighted by atomic mass is 14.1. The van der Waals surface area contributed by atoms with E-state index in [1.807, 2.05) is 0 Å². The van der Waals surface area contributed by atoms with E-state index in [4.69, 9.17) is 0 Å². The minimum atomic E-state index is 1.03. The van der Waals surface area contributed by atoms with E-state index in [9.17, 15) is 0 Å². The van der Waals surface area contributed by atoms with E-state index >= 15 is 0 Å². The first-order valence-electron chi connectivity index (χ1n) is 15.9. The van der Waals surface area contributed by atoms with Crippen LogP contribution < -0.4 is 0 Å². The topological polar surface area (TPSA) is 0 Å². The maximum Gasteiger partial charge on any atom is -0.00258 e. The molecule has 0 nitrogen and oxygen atoms in total. The van der Waals surface area contributed by atoms with Gasteiger partial charge in [0.2, 0.25) is 0 Å². The highest BCUT2D eigenvalue weighted by molar-refractivity contribution is 5.43. The fourth-order valence-electron chi connectivity index (χ4n) is 4.85. The van der Waals surface area contributed by atoms with E-state index in [2.05, 4.69) is 181 Å². The summed E-state index contributed by atoms with van der Waals surface area (Å²) in [5, 5.41) is 0. The normalized spacial score (nSPS) is 10.0. The van der Waals surface area contributed by atoms with Crippen LogP contribution in [0, 0.1) is 90.0 Å². The monoisotopic (exact) mass is 584 g/mol. The van der Waals surface area contributed by atoms with Gasteiger partial charge in [-0.2, -0.15) is 0 Å². The molecule has 0 saturated carbocycles. The van der Waals surface area contributed by atoms with Crippen molar-refractivity contribution in [1.29, 1.82) is 0 Å². The Morgan fingerprint density at radius 1 is 0.295 bits per heavy atom. The van der Waals surface area contributed by atoms with Gasteiger partial charge in [-0.05, 0) is 163 Å². The number of benzene rings is 5. The molecule has 5 rings (SSSR count). The van der Waals surface area contributed by atoms with Crippen molar-refractivity contribution < 1.29 is 0 Å². The minimum absolute atomic E-state index is 1.03. The molecule has 0 aliphatic carbocycles. The molecule has 0 radical (unpaired) electrons. The first-order valence-corrected chi connectivity index (χ1v) is 15.9. The zero-order valence-corrected chi connectivity index (χ0v) is 29.9. The molecule has 0 heterocycles. The van der Waals surface area contributed by atoms with E-state index in [-0.39, 0.29) is 0 Å². The van der Waals surface area contributed by atoms with Crippen LogP contribution in [0.4, 0.5) is 0 Å². The fraction of sp³-hybridized carbons (Fsp3) is 0.318. The summed E-state index contributed by atoms with van der Waals surface area (Å²) in [6.45, 7) is 28.0. The summed E-state index contributed by atoms with van der Waals surface area (Å²) in [7, 11) is 0. The predicted octanol–water partition coefficient (Wildman–Crippen LogP) is 12.3. The van der Waals surface area contributed by atoms with Crippen LogP contribution in [0.2, 0.25) is 0 Å². The lowest BCUT2D eigenvalue weighted by molar-refractivity contribution is 1.18. The van der Waals surface area contributed by atoms with Crippen molar-refractivity contribution in [1.82, 2.24) is 0 Å². The number of rotatable bonds is 2. The van der Waals surface area contributed by atoms with Crippen molar-refractivity contribution in [2.75, 3.05) is 0 Å². The SMILES string of the molecule is Cc1cc(C)c(C)c(C)c1C.Cc1ccc(C)c(C)c1.Cc1ccc(Cc2ccc(C)cc2)cc1.Cc1cccc(C)c1C. The highest BCUT2D eigenvalue weighted by Gasteiger charge is 2.02. The van der Waals surface area contributed by atoms with Gasteiger partial charge in [-0.25, -0.2) is 0 Å². The molecule has 5 aromatic carbocycles. The van der Waals surface area contributed by atoms with E-state index in [1.54, 1.807) is 0 Å². The second-order valence-electron chi connectivity index (χ2n) is 12.6. The number of hydrogen-bond donors (Lipinski definition) is 0. The third-order valence-corrected chi connectivity index (χ3v) is 8.93. The second kappa shape index (κ2) is 17.4. The maximum atomic E-state index is 2.26. The van der Waals surface area contributed by atoms with Gasteiger partial charge >= 0.3 is 0 Å². The predicted molar refractivity (Wildman–Crippen MR) is 197 cm³/mol. The Morgan fingerprint density at radius 3 is 1.07 bits per heavy atom. The summed E-state index contributed by atoms with van der Waals surface area (Å²) in [5.41, 5.74) is 20.8. The summed E-state index contributed by atoms with van der Waals surface area (Å²) < 4.78 is 0. The van der Waals surface area contributed by atoms with Crippen LogP contribution in [0.5, 0.6) is 0 Å². The molecular weight excluding hydrogens is 528 g/mol. The molecule has 0 aliphatic rings. The van der Waals surface area contributed by atoms with Crippen LogP contribution in [-0.4, -0.2) is 0 Å². The minimum Gasteiger partial charge on any atom is -0.0617 e. The van der Waals surface area contributed by atoms with Crippen LogP contribution in [-0.2, 0) is 6.42 Å². The second-order valence-corrected chi connectivity index (χ2v) is 12.6. The maximum absolute atomic E-state index is 2.26. The average molecular weight is 585 g/mol. The molecule has 0 aromatic heterocycles. The molecule has 44 heavy (non-hydrogen) atoms. The van der Waals surface area contributed by atoms with E-state index in [0.717, 1.165) is 6.42 Å². The highest BCUT2D eigenvalue weighted by Crippen LogP contribution is 2.20. The van der Waals surface area contributed by atoms with Crippen molar-refractivity contribution in [2.24, 2.45) is 0 Å². The molecule has 0 aliphatic heterocycles. The van der Waals surface area contributed by atoms with Crippen molar-refractivity contribution >= 4 is 0 Å². The molecule has 0 saturated heterocycles. The fourth-order valence-corrected chi connectivity index (χ4v) is 4.85. The van der Waals surface area contributed by atoms with Crippen LogP contribution in [0.3, 0.4) is 0 Å². The lowest BCUT2D eigenvalue weighted by Gasteiger charge is -2.10. The lowest BCUT2D eigenvalue weighted by Crippen LogP contribution is -1.93. The van der Waals surface area contributed by atoms with Crippen LogP contribution in [0.1, 0.15) is 83.5 Å². The zero-order chi connectivity index (χ0) is 33.0. The molecule has 0 heteroatoms. The standard InChI is InChI=1S/C15H16.C11H16.2C9H12/c1-12-3-7-14(8-4-12)11-15-9-5-13(2)6-10-15;1-7-6-8(2)10(4)11(5)9(7)3;1-7-4-5-8(2)9(3)6-7;1-7-5-4-6-8(2)9(7)3/h3-10H,11H2,1-2H3;6H,1-5H3;2*4-6H,1-3H3. The Labute approximate surface area is 270 Å². The van der Waals surface area contributed by atoms with Crippen molar-refractivity contribution in [3.05, 3.63) is 174 Å². The smallest absolute Gasteiger partial charge is 0.00258 e. The third kappa shape index (κ3) is 11.6. The number of hydrogen-bond acceptors (Lipinski definition) is 0. The van der Waals surface area contributed by atoms with Gasteiger partial charge in [-0.15, -0.1) is 0 Å². The van der Waals surface area contributed by atoms with Crippen molar-refractivity contribution in [3.8, 4) is 0 Å². The molecule has 0 atom stereocenters. The van der Waals surface area contributed by atoms with E-state index < -0.39 is 0 Å². The number of aryl methyl sites for hydroxylation is 9. The van der Waals surface area contributed by atoms with E-state index in [1.165, 1.54) is 83.5 Å². The van der Waals surface area contributed by atoms with Gasteiger partial charge in [0.05, 0.1) is 0 Å². The average Bonchev–Trinajstić information content (AvgIpc) is 2.99. The van der Waals surface area contributed by atoms with Gasteiger partial charge in [0.15, 0.2) is 0 Å². The van der Waals surface area contributed by atoms with Gasteiger partial charge in [-0.1, -0.05) is 108 Å². The molecule has 232 valence electrons. The van der Waals surface area contributed by atoms with Crippen molar-refractivity contribution in [3.63, 3.8) is 0 Å². The lowest BCUT2D eigenvalue weighted by atomic mass is 9.96. The molecule has 0 bridgehead atoms. The Balaban J connectivity index is 0.000000210. The molecule has 0 fully saturated rings. The van der Waals surface area contributed by atoms with Gasteiger partial charge < -0.3 is 0 Å². The Morgan fingerprint density at radius 2 is 0.705 bits per heavy atom. The Hall–Kier alpha value is -3.90. The third-order valence-electron chi connectivity index (χ3n) is 8.93. The molecule has 0 spiro atoms. The van der Waals surface area contributed by atoms with Crippen LogP contribution in [0.15, 0.2) is 91.0 Å². The first kappa shape index (κ1) is 36.3. The Kier molecular flexibility index (Phi) is 14.4. The Bertz CT molecular complexity index is 1520. The molecule has 0 unspecified atom stereocenters. The molecule has 5 aromatic rings. The molecule has 0 N–H and O–H groups in total. The van der Waals surface area contributed by atoms with Crippen LogP contribution >= 0.6 is 0 Å². The first-order chi connectivity index (χ1) is 20.7. The quantitative estimate of drug-likeness (QED) is 0.194. The molecule has 0 amide bonds. The van der Waals surface area contributed by atoms with Gasteiger partial charge in [0.25, 0.3) is 0 Å². The van der Waals surface area contributed by atoms with Crippen LogP contribution in [0.25, 0.3) is 0 Å². The summed E-state index contributed by atoms with van der Waals surface area (Å²) in [5.74, 6) is 0. The van der Waals surface area contributed by atoms with Crippen molar-refractivity contribution in [2.45, 2.75) is 96.4 Å². The summed E-state index contributed by atoms with van der Waals surface area (Å²) in [4.78, 5) is 0. The zero-order valence-electron chi connectivity index (χ0n) is 29.9. The molecular formula is C44H56. The van der Waals surface area contributed by atoms with Gasteiger partial charge in [0.1, 0.15) is 0 Å². The van der Waals surface area contributed by atoms with Gasteiger partial charge in [0, 0.05) is 0 Å². The summed E-state index contributed by atoms with van der Waals surface area (Å²) in [6.07, 6.45) is 1.03. The largest absolute Gasteiger partial charge is 0.0617 e.